The van der Waals surface area contributed by atoms with Gasteiger partial charge in [-0.3, -0.25) is 9.69 Å². The molecule has 0 saturated carbocycles. The Bertz CT molecular complexity index is 442. The smallest absolute Gasteiger partial charge is 0.323 e. The Morgan fingerprint density at radius 1 is 1.14 bits per heavy atom. The topological polar surface area (TPSA) is 59.0 Å². The minimum Gasteiger partial charge on any atom is -0.494 e. The van der Waals surface area contributed by atoms with Crippen LogP contribution in [0.25, 0.3) is 0 Å². The van der Waals surface area contributed by atoms with Gasteiger partial charge in [0.1, 0.15) is 23.6 Å². The molecule has 1 N–H and O–H groups in total. The van der Waals surface area contributed by atoms with Crippen LogP contribution < -0.4 is 9.47 Å². The fourth-order valence-corrected chi connectivity index (χ4v) is 1.60. The second-order valence-corrected chi connectivity index (χ2v) is 5.45. The number of aliphatic carboxylic acids is 1. The van der Waals surface area contributed by atoms with E-state index < -0.39 is 11.5 Å². The standard InChI is InChI=1S/C16H25NO4/c1-5-11-20-13-6-8-14(9-7-13)21-12-10-17(4)16(2,3)15(18)19/h6-9H,5,10-12H2,1-4H3,(H,18,19). The Balaban J connectivity index is 2.40. The molecule has 5 nitrogen and oxygen atoms in total. The third kappa shape index (κ3) is 5.27. The molecule has 0 aliphatic rings. The molecule has 5 heteroatoms. The van der Waals surface area contributed by atoms with E-state index in [1.54, 1.807) is 25.8 Å². The monoisotopic (exact) mass is 295 g/mol. The van der Waals surface area contributed by atoms with E-state index in [-0.39, 0.29) is 0 Å². The van der Waals surface area contributed by atoms with Crippen LogP contribution in [0.5, 0.6) is 11.5 Å². The molecule has 0 aliphatic heterocycles. The molecule has 0 unspecified atom stereocenters. The van der Waals surface area contributed by atoms with Gasteiger partial charge in [0.15, 0.2) is 0 Å². The van der Waals surface area contributed by atoms with Crippen molar-refractivity contribution >= 4 is 5.97 Å². The summed E-state index contributed by atoms with van der Waals surface area (Å²) in [6, 6.07) is 7.45. The van der Waals surface area contributed by atoms with Gasteiger partial charge in [0.2, 0.25) is 0 Å². The lowest BCUT2D eigenvalue weighted by Crippen LogP contribution is -2.49. The zero-order chi connectivity index (χ0) is 15.9. The van der Waals surface area contributed by atoms with Gasteiger partial charge in [-0.05, 0) is 51.6 Å². The minimum atomic E-state index is -0.902. The quantitative estimate of drug-likeness (QED) is 0.759. The van der Waals surface area contributed by atoms with Crippen LogP contribution in [0.4, 0.5) is 0 Å². The van der Waals surface area contributed by atoms with Crippen molar-refractivity contribution < 1.29 is 19.4 Å². The van der Waals surface area contributed by atoms with Gasteiger partial charge >= 0.3 is 5.97 Å². The largest absolute Gasteiger partial charge is 0.494 e. The first-order valence-electron chi connectivity index (χ1n) is 7.18. The third-order valence-corrected chi connectivity index (χ3v) is 3.47. The van der Waals surface area contributed by atoms with Crippen molar-refractivity contribution in [2.24, 2.45) is 0 Å². The molecule has 1 rings (SSSR count). The molecule has 118 valence electrons. The maximum Gasteiger partial charge on any atom is 0.323 e. The summed E-state index contributed by atoms with van der Waals surface area (Å²) in [5, 5.41) is 9.13. The molecule has 1 aromatic carbocycles. The number of rotatable bonds is 9. The molecule has 0 fully saturated rings. The number of nitrogens with zero attached hydrogens (tertiary/aromatic N) is 1. The average Bonchev–Trinajstić information content (AvgIpc) is 2.46. The van der Waals surface area contributed by atoms with Gasteiger partial charge in [-0.2, -0.15) is 0 Å². The molecule has 21 heavy (non-hydrogen) atoms. The molecule has 0 spiro atoms. The van der Waals surface area contributed by atoms with Crippen molar-refractivity contribution in [3.05, 3.63) is 24.3 Å². The van der Waals surface area contributed by atoms with E-state index >= 15 is 0 Å². The summed E-state index contributed by atoms with van der Waals surface area (Å²) in [5.41, 5.74) is -0.902. The highest BCUT2D eigenvalue weighted by Crippen LogP contribution is 2.18. The first-order chi connectivity index (χ1) is 9.87. The lowest BCUT2D eigenvalue weighted by atomic mass is 10.0. The molecule has 0 amide bonds. The lowest BCUT2D eigenvalue weighted by molar-refractivity contribution is -0.148. The Hall–Kier alpha value is -1.75. The van der Waals surface area contributed by atoms with E-state index in [9.17, 15) is 4.79 Å². The second kappa shape index (κ2) is 7.88. The highest BCUT2D eigenvalue weighted by Gasteiger charge is 2.31. The van der Waals surface area contributed by atoms with Crippen molar-refractivity contribution in [2.75, 3.05) is 26.8 Å². The summed E-state index contributed by atoms with van der Waals surface area (Å²) >= 11 is 0. The van der Waals surface area contributed by atoms with Crippen molar-refractivity contribution in [3.63, 3.8) is 0 Å². The number of hydrogen-bond donors (Lipinski definition) is 1. The molecule has 0 heterocycles. The van der Waals surface area contributed by atoms with Gasteiger partial charge in [-0.25, -0.2) is 0 Å². The van der Waals surface area contributed by atoms with Gasteiger partial charge in [-0.15, -0.1) is 0 Å². The molecule has 0 atom stereocenters. The van der Waals surface area contributed by atoms with Crippen LogP contribution in [0.15, 0.2) is 24.3 Å². The Labute approximate surface area is 126 Å². The highest BCUT2D eigenvalue weighted by atomic mass is 16.5. The summed E-state index contributed by atoms with van der Waals surface area (Å²) in [5.74, 6) is 0.733. The summed E-state index contributed by atoms with van der Waals surface area (Å²) in [6.07, 6.45) is 0.976. The van der Waals surface area contributed by atoms with Crippen LogP contribution in [0, 0.1) is 0 Å². The fraction of sp³-hybridized carbons (Fsp3) is 0.562. The normalized spacial score (nSPS) is 11.5. The van der Waals surface area contributed by atoms with E-state index in [1.807, 2.05) is 24.3 Å². The number of carboxylic acid groups (broad SMARTS) is 1. The van der Waals surface area contributed by atoms with Crippen molar-refractivity contribution in [1.29, 1.82) is 0 Å². The molecule has 1 aromatic rings. The van der Waals surface area contributed by atoms with Crippen LogP contribution >= 0.6 is 0 Å². The molecule has 0 saturated heterocycles. The molecule has 0 radical (unpaired) electrons. The summed E-state index contributed by atoms with van der Waals surface area (Å²) in [6.45, 7) is 7.09. The van der Waals surface area contributed by atoms with E-state index in [1.165, 1.54) is 0 Å². The second-order valence-electron chi connectivity index (χ2n) is 5.45. The number of ether oxygens (including phenoxy) is 2. The van der Waals surface area contributed by atoms with Crippen molar-refractivity contribution in [1.82, 2.24) is 4.90 Å². The van der Waals surface area contributed by atoms with Gasteiger partial charge in [0, 0.05) is 6.54 Å². The van der Waals surface area contributed by atoms with E-state index in [2.05, 4.69) is 6.92 Å². The predicted molar refractivity (Wildman–Crippen MR) is 82.1 cm³/mol. The van der Waals surface area contributed by atoms with E-state index in [0.717, 1.165) is 17.9 Å². The van der Waals surface area contributed by atoms with Crippen LogP contribution in [-0.4, -0.2) is 48.3 Å². The first kappa shape index (κ1) is 17.3. The van der Waals surface area contributed by atoms with Crippen LogP contribution in [0.3, 0.4) is 0 Å². The van der Waals surface area contributed by atoms with Crippen molar-refractivity contribution in [3.8, 4) is 11.5 Å². The predicted octanol–water partition coefficient (Wildman–Crippen LogP) is 2.65. The number of benzene rings is 1. The molecule has 0 aromatic heterocycles. The minimum absolute atomic E-state index is 0.433. The lowest BCUT2D eigenvalue weighted by Gasteiger charge is -2.31. The van der Waals surface area contributed by atoms with Gasteiger partial charge < -0.3 is 14.6 Å². The summed E-state index contributed by atoms with van der Waals surface area (Å²) in [4.78, 5) is 12.9. The Morgan fingerprint density at radius 2 is 1.62 bits per heavy atom. The SMILES string of the molecule is CCCOc1ccc(OCCN(C)C(C)(C)C(=O)O)cc1. The summed E-state index contributed by atoms with van der Waals surface area (Å²) < 4.78 is 11.1. The number of hydrogen-bond acceptors (Lipinski definition) is 4. The van der Waals surface area contributed by atoms with E-state index in [4.69, 9.17) is 14.6 Å². The molecular formula is C16H25NO4. The zero-order valence-corrected chi connectivity index (χ0v) is 13.3. The average molecular weight is 295 g/mol. The van der Waals surface area contributed by atoms with Gasteiger partial charge in [0.25, 0.3) is 0 Å². The van der Waals surface area contributed by atoms with Crippen LogP contribution in [0.2, 0.25) is 0 Å². The van der Waals surface area contributed by atoms with E-state index in [0.29, 0.717) is 19.8 Å². The van der Waals surface area contributed by atoms with Crippen molar-refractivity contribution in [2.45, 2.75) is 32.7 Å². The Kier molecular flexibility index (Phi) is 6.49. The first-order valence-corrected chi connectivity index (χ1v) is 7.18. The maximum atomic E-state index is 11.1. The highest BCUT2D eigenvalue weighted by molar-refractivity contribution is 5.77. The van der Waals surface area contributed by atoms with Crippen LogP contribution in [0.1, 0.15) is 27.2 Å². The maximum absolute atomic E-state index is 11.1. The number of carboxylic acids is 1. The van der Waals surface area contributed by atoms with Gasteiger partial charge in [0.05, 0.1) is 6.61 Å². The summed E-state index contributed by atoms with van der Waals surface area (Å²) in [7, 11) is 1.78. The zero-order valence-electron chi connectivity index (χ0n) is 13.3. The third-order valence-electron chi connectivity index (χ3n) is 3.47. The van der Waals surface area contributed by atoms with Crippen LogP contribution in [-0.2, 0) is 4.79 Å². The van der Waals surface area contributed by atoms with Gasteiger partial charge in [-0.1, -0.05) is 6.92 Å². The number of carbonyl (C=O) groups is 1. The molecule has 0 bridgehead atoms. The molecular weight excluding hydrogens is 270 g/mol. The Morgan fingerprint density at radius 3 is 2.05 bits per heavy atom. The fourth-order valence-electron chi connectivity index (χ4n) is 1.60. The molecule has 0 aliphatic carbocycles. The number of likely N-dealkylation sites (N-methyl/N-ethyl adjacent to an activating group) is 1.